The average Bonchev–Trinajstić information content (AvgIpc) is 2.69. The first-order valence-corrected chi connectivity index (χ1v) is 9.29. The Hall–Kier alpha value is -3.23. The first-order valence-electron chi connectivity index (χ1n) is 8.47. The zero-order valence-electron chi connectivity index (χ0n) is 15.1. The predicted octanol–water partition coefficient (Wildman–Crippen LogP) is 5.55. The van der Waals surface area contributed by atoms with E-state index in [4.69, 9.17) is 5.26 Å². The lowest BCUT2D eigenvalue weighted by atomic mass is 10.1. The number of carbonyl (C=O) groups excluding carboxylic acids is 1. The monoisotopic (exact) mass is 373 g/mol. The van der Waals surface area contributed by atoms with Gasteiger partial charge in [-0.3, -0.25) is 4.79 Å². The molecule has 2 N–H and O–H groups in total. The quantitative estimate of drug-likeness (QED) is 0.576. The van der Waals surface area contributed by atoms with Crippen LogP contribution < -0.4 is 10.0 Å². The highest BCUT2D eigenvalue weighted by molar-refractivity contribution is 8.00. The van der Waals surface area contributed by atoms with E-state index in [2.05, 4.69) is 36.0 Å². The fourth-order valence-corrected chi connectivity index (χ4v) is 3.24. The Morgan fingerprint density at radius 2 is 1.74 bits per heavy atom. The van der Waals surface area contributed by atoms with Crippen molar-refractivity contribution in [1.82, 2.24) is 0 Å². The molecule has 27 heavy (non-hydrogen) atoms. The molecule has 0 aliphatic rings. The number of carbonyl (C=O) groups is 1. The van der Waals surface area contributed by atoms with Gasteiger partial charge in [0.2, 0.25) is 0 Å². The van der Waals surface area contributed by atoms with Crippen LogP contribution in [0.25, 0.3) is 0 Å². The molecule has 0 bridgehead atoms. The first kappa shape index (κ1) is 18.6. The summed E-state index contributed by atoms with van der Waals surface area (Å²) in [5, 5.41) is 11.7. The number of hydrogen-bond donors (Lipinski definition) is 2. The summed E-state index contributed by atoms with van der Waals surface area (Å²) in [6.07, 6.45) is 0. The molecule has 0 aliphatic heterocycles. The van der Waals surface area contributed by atoms with Gasteiger partial charge in [-0.15, -0.1) is 0 Å². The number of nitriles is 1. The van der Waals surface area contributed by atoms with E-state index in [1.807, 2.05) is 24.3 Å². The Morgan fingerprint density at radius 1 is 1.00 bits per heavy atom. The maximum absolute atomic E-state index is 12.4. The van der Waals surface area contributed by atoms with Gasteiger partial charge in [-0.05, 0) is 85.5 Å². The van der Waals surface area contributed by atoms with E-state index in [1.165, 1.54) is 23.1 Å². The molecule has 0 unspecified atom stereocenters. The van der Waals surface area contributed by atoms with Crippen molar-refractivity contribution in [2.24, 2.45) is 0 Å². The second-order valence-corrected chi connectivity index (χ2v) is 7.00. The third kappa shape index (κ3) is 4.69. The largest absolute Gasteiger partial charge is 0.325 e. The van der Waals surface area contributed by atoms with Crippen LogP contribution in [0.3, 0.4) is 0 Å². The Kier molecular flexibility index (Phi) is 5.80. The average molecular weight is 373 g/mol. The Bertz CT molecular complexity index is 1010. The maximum Gasteiger partial charge on any atom is 0.255 e. The van der Waals surface area contributed by atoms with Gasteiger partial charge in [0.1, 0.15) is 0 Å². The summed E-state index contributed by atoms with van der Waals surface area (Å²) in [5.41, 5.74) is 5.23. The zero-order valence-corrected chi connectivity index (χ0v) is 15.9. The highest BCUT2D eigenvalue weighted by atomic mass is 32.2. The van der Waals surface area contributed by atoms with E-state index in [0.717, 1.165) is 10.6 Å². The molecular weight excluding hydrogens is 354 g/mol. The molecular formula is C22H19N3OS. The van der Waals surface area contributed by atoms with E-state index in [-0.39, 0.29) is 5.91 Å². The van der Waals surface area contributed by atoms with Gasteiger partial charge in [0.15, 0.2) is 0 Å². The molecule has 3 rings (SSSR count). The van der Waals surface area contributed by atoms with Crippen molar-refractivity contribution in [2.75, 3.05) is 10.0 Å². The number of rotatable bonds is 5. The number of nitrogens with zero attached hydrogens (tertiary/aromatic N) is 1. The lowest BCUT2D eigenvalue weighted by Gasteiger charge is -2.11. The van der Waals surface area contributed by atoms with E-state index in [9.17, 15) is 4.79 Å². The van der Waals surface area contributed by atoms with Gasteiger partial charge >= 0.3 is 0 Å². The molecule has 0 fully saturated rings. The Labute approximate surface area is 163 Å². The van der Waals surface area contributed by atoms with Crippen molar-refractivity contribution in [3.63, 3.8) is 0 Å². The molecule has 3 aromatic rings. The summed E-state index contributed by atoms with van der Waals surface area (Å²) in [5.74, 6) is -0.205. The summed E-state index contributed by atoms with van der Waals surface area (Å²) in [4.78, 5) is 13.4. The van der Waals surface area contributed by atoms with E-state index < -0.39 is 0 Å². The lowest BCUT2D eigenvalue weighted by Crippen LogP contribution is -2.11. The van der Waals surface area contributed by atoms with Crippen molar-refractivity contribution in [3.05, 3.63) is 89.0 Å². The van der Waals surface area contributed by atoms with Crippen molar-refractivity contribution >= 4 is 29.2 Å². The molecule has 1 amide bonds. The van der Waals surface area contributed by atoms with Gasteiger partial charge in [-0.25, -0.2) is 0 Å². The predicted molar refractivity (Wildman–Crippen MR) is 111 cm³/mol. The van der Waals surface area contributed by atoms with Gasteiger partial charge in [0.05, 0.1) is 11.6 Å². The molecule has 0 heterocycles. The maximum atomic E-state index is 12.4. The topological polar surface area (TPSA) is 64.9 Å². The van der Waals surface area contributed by atoms with Crippen LogP contribution in [-0.4, -0.2) is 5.91 Å². The summed E-state index contributed by atoms with van der Waals surface area (Å²) in [6, 6.07) is 22.5. The van der Waals surface area contributed by atoms with E-state index in [1.54, 1.807) is 36.4 Å². The van der Waals surface area contributed by atoms with Gasteiger partial charge in [0.25, 0.3) is 5.91 Å². The van der Waals surface area contributed by atoms with Gasteiger partial charge in [-0.2, -0.15) is 5.26 Å². The summed E-state index contributed by atoms with van der Waals surface area (Å²) in [6.45, 7) is 4.18. The molecule has 0 saturated heterocycles. The van der Waals surface area contributed by atoms with Crippen molar-refractivity contribution in [1.29, 1.82) is 5.26 Å². The molecule has 0 saturated carbocycles. The highest BCUT2D eigenvalue weighted by Gasteiger charge is 2.07. The number of hydrogen-bond acceptors (Lipinski definition) is 4. The fraction of sp³-hybridized carbons (Fsp3) is 0.0909. The molecule has 0 aromatic heterocycles. The lowest BCUT2D eigenvalue weighted by molar-refractivity contribution is 0.102. The van der Waals surface area contributed by atoms with Crippen LogP contribution in [0.4, 0.5) is 11.4 Å². The minimum absolute atomic E-state index is 0.205. The normalized spacial score (nSPS) is 10.1. The van der Waals surface area contributed by atoms with Crippen LogP contribution in [0, 0.1) is 25.2 Å². The molecule has 0 spiro atoms. The first-order chi connectivity index (χ1) is 13.1. The Balaban J connectivity index is 1.63. The SMILES string of the molecule is Cc1cccc(NSc2ccc(C(=O)Nc3cccc(C#N)c3)cc2)c1C. The van der Waals surface area contributed by atoms with E-state index >= 15 is 0 Å². The molecule has 134 valence electrons. The molecule has 0 radical (unpaired) electrons. The third-order valence-corrected chi connectivity index (χ3v) is 5.08. The van der Waals surface area contributed by atoms with Crippen molar-refractivity contribution in [2.45, 2.75) is 18.7 Å². The van der Waals surface area contributed by atoms with Gasteiger partial charge in [0, 0.05) is 21.8 Å². The van der Waals surface area contributed by atoms with Crippen LogP contribution in [0.2, 0.25) is 0 Å². The van der Waals surface area contributed by atoms with Crippen LogP contribution in [-0.2, 0) is 0 Å². The third-order valence-electron chi connectivity index (χ3n) is 4.25. The van der Waals surface area contributed by atoms with Crippen molar-refractivity contribution in [3.8, 4) is 6.07 Å². The van der Waals surface area contributed by atoms with E-state index in [0.29, 0.717) is 16.8 Å². The van der Waals surface area contributed by atoms with Gasteiger partial charge < -0.3 is 10.0 Å². The standard InChI is InChI=1S/C22H19N3OS/c1-15-5-3-8-21(16(15)2)25-27-20-11-9-18(10-12-20)22(26)24-19-7-4-6-17(13-19)14-23/h3-13,25H,1-2H3,(H,24,26). The molecule has 3 aromatic carbocycles. The Morgan fingerprint density at radius 3 is 2.48 bits per heavy atom. The van der Waals surface area contributed by atoms with Crippen LogP contribution in [0.1, 0.15) is 27.0 Å². The number of amides is 1. The fourth-order valence-electron chi connectivity index (χ4n) is 2.52. The summed E-state index contributed by atoms with van der Waals surface area (Å²) < 4.78 is 3.36. The number of aryl methyl sites for hydroxylation is 1. The smallest absolute Gasteiger partial charge is 0.255 e. The highest BCUT2D eigenvalue weighted by Crippen LogP contribution is 2.25. The summed E-state index contributed by atoms with van der Waals surface area (Å²) >= 11 is 1.51. The minimum atomic E-state index is -0.205. The number of benzene rings is 3. The van der Waals surface area contributed by atoms with Crippen LogP contribution >= 0.6 is 11.9 Å². The number of nitrogens with one attached hydrogen (secondary N) is 2. The summed E-state index contributed by atoms with van der Waals surface area (Å²) in [7, 11) is 0. The minimum Gasteiger partial charge on any atom is -0.325 e. The zero-order chi connectivity index (χ0) is 19.2. The second kappa shape index (κ2) is 8.43. The molecule has 5 heteroatoms. The van der Waals surface area contributed by atoms with Crippen molar-refractivity contribution < 1.29 is 4.79 Å². The van der Waals surface area contributed by atoms with Crippen LogP contribution in [0.5, 0.6) is 0 Å². The second-order valence-electron chi connectivity index (χ2n) is 6.12. The molecule has 0 aliphatic carbocycles. The number of anilines is 2. The molecule has 4 nitrogen and oxygen atoms in total. The van der Waals surface area contributed by atoms with Gasteiger partial charge in [-0.1, -0.05) is 18.2 Å². The molecule has 0 atom stereocenters. The van der Waals surface area contributed by atoms with Crippen LogP contribution in [0.15, 0.2) is 71.6 Å².